The summed E-state index contributed by atoms with van der Waals surface area (Å²) in [5.74, 6) is -0.963. The van der Waals surface area contributed by atoms with Crippen molar-refractivity contribution in [2.24, 2.45) is 5.92 Å². The summed E-state index contributed by atoms with van der Waals surface area (Å²) >= 11 is 0. The summed E-state index contributed by atoms with van der Waals surface area (Å²) in [6.45, 7) is 4.30. The van der Waals surface area contributed by atoms with Crippen LogP contribution in [0, 0.1) is 5.92 Å². The molecule has 19 heavy (non-hydrogen) atoms. The highest BCUT2D eigenvalue weighted by molar-refractivity contribution is 5.69. The molecule has 0 rings (SSSR count). The minimum absolute atomic E-state index is 0.266. The average molecular weight is 272 g/mol. The molecular formula is C16H32O3. The molecule has 114 valence electrons. The normalized spacial score (nSPS) is 14.3. The summed E-state index contributed by atoms with van der Waals surface area (Å²) in [5.41, 5.74) is 0. The number of unbranched alkanes of at least 4 members (excludes halogenated alkanes) is 5. The zero-order valence-electron chi connectivity index (χ0n) is 12.7. The third-order valence-corrected chi connectivity index (χ3v) is 3.74. The quantitative estimate of drug-likeness (QED) is 0.489. The van der Waals surface area contributed by atoms with Crippen LogP contribution in [0.1, 0.15) is 84.5 Å². The minimum atomic E-state index is -0.697. The van der Waals surface area contributed by atoms with Crippen LogP contribution in [0.2, 0.25) is 0 Å². The first-order chi connectivity index (χ1) is 9.11. The summed E-state index contributed by atoms with van der Waals surface area (Å²) in [4.78, 5) is 11.2. The van der Waals surface area contributed by atoms with Crippen molar-refractivity contribution in [1.82, 2.24) is 0 Å². The SMILES string of the molecule is CCCCCCC(CC[C@H](O)CCCCC)C(=O)O. The van der Waals surface area contributed by atoms with Gasteiger partial charge in [0.25, 0.3) is 0 Å². The molecule has 0 aromatic carbocycles. The number of carboxylic acids is 1. The lowest BCUT2D eigenvalue weighted by atomic mass is 9.93. The van der Waals surface area contributed by atoms with Crippen LogP contribution in [0.3, 0.4) is 0 Å². The first-order valence-electron chi connectivity index (χ1n) is 8.02. The molecule has 0 aliphatic heterocycles. The lowest BCUT2D eigenvalue weighted by Gasteiger charge is -2.15. The van der Waals surface area contributed by atoms with Gasteiger partial charge in [0.05, 0.1) is 12.0 Å². The molecule has 0 heterocycles. The van der Waals surface area contributed by atoms with E-state index >= 15 is 0 Å². The molecule has 0 spiro atoms. The van der Waals surface area contributed by atoms with Gasteiger partial charge in [0.1, 0.15) is 0 Å². The van der Waals surface area contributed by atoms with Gasteiger partial charge in [-0.1, -0.05) is 58.8 Å². The molecule has 3 heteroatoms. The number of rotatable bonds is 13. The number of carboxylic acid groups (broad SMARTS) is 1. The Morgan fingerprint density at radius 2 is 1.42 bits per heavy atom. The van der Waals surface area contributed by atoms with Crippen LogP contribution in [-0.4, -0.2) is 22.3 Å². The van der Waals surface area contributed by atoms with Crippen molar-refractivity contribution in [2.75, 3.05) is 0 Å². The second kappa shape index (κ2) is 12.5. The molecule has 0 saturated carbocycles. The van der Waals surface area contributed by atoms with Gasteiger partial charge in [-0.15, -0.1) is 0 Å². The van der Waals surface area contributed by atoms with Gasteiger partial charge in [-0.2, -0.15) is 0 Å². The van der Waals surface area contributed by atoms with Crippen molar-refractivity contribution < 1.29 is 15.0 Å². The van der Waals surface area contributed by atoms with Crippen molar-refractivity contribution in [3.63, 3.8) is 0 Å². The topological polar surface area (TPSA) is 57.5 Å². The van der Waals surface area contributed by atoms with Crippen LogP contribution < -0.4 is 0 Å². The molecule has 0 aromatic rings. The fraction of sp³-hybridized carbons (Fsp3) is 0.938. The van der Waals surface area contributed by atoms with Crippen LogP contribution in [0.25, 0.3) is 0 Å². The molecule has 0 amide bonds. The van der Waals surface area contributed by atoms with E-state index in [4.69, 9.17) is 0 Å². The highest BCUT2D eigenvalue weighted by Crippen LogP contribution is 2.19. The van der Waals surface area contributed by atoms with Gasteiger partial charge in [0.2, 0.25) is 0 Å². The van der Waals surface area contributed by atoms with E-state index in [1.54, 1.807) is 0 Å². The van der Waals surface area contributed by atoms with Crippen LogP contribution in [0.4, 0.5) is 0 Å². The maximum Gasteiger partial charge on any atom is 0.306 e. The van der Waals surface area contributed by atoms with Crippen molar-refractivity contribution in [3.8, 4) is 0 Å². The Hall–Kier alpha value is -0.570. The van der Waals surface area contributed by atoms with E-state index in [-0.39, 0.29) is 12.0 Å². The maximum absolute atomic E-state index is 11.2. The lowest BCUT2D eigenvalue weighted by Crippen LogP contribution is -2.17. The van der Waals surface area contributed by atoms with Gasteiger partial charge < -0.3 is 10.2 Å². The second-order valence-corrected chi connectivity index (χ2v) is 5.61. The van der Waals surface area contributed by atoms with Crippen LogP contribution in [-0.2, 0) is 4.79 Å². The predicted octanol–water partition coefficient (Wildman–Crippen LogP) is 4.38. The van der Waals surface area contributed by atoms with E-state index in [9.17, 15) is 15.0 Å². The zero-order valence-corrected chi connectivity index (χ0v) is 12.7. The van der Waals surface area contributed by atoms with E-state index in [1.165, 1.54) is 12.8 Å². The number of aliphatic hydroxyl groups excluding tert-OH is 1. The smallest absolute Gasteiger partial charge is 0.306 e. The number of hydrogen-bond acceptors (Lipinski definition) is 2. The zero-order chi connectivity index (χ0) is 14.5. The fourth-order valence-electron chi connectivity index (χ4n) is 2.38. The van der Waals surface area contributed by atoms with Gasteiger partial charge in [-0.25, -0.2) is 0 Å². The molecule has 3 nitrogen and oxygen atoms in total. The minimum Gasteiger partial charge on any atom is -0.481 e. The molecule has 2 atom stereocenters. The summed E-state index contributed by atoms with van der Waals surface area (Å²) in [7, 11) is 0. The molecule has 0 bridgehead atoms. The fourth-order valence-corrected chi connectivity index (χ4v) is 2.38. The molecule has 0 saturated heterocycles. The Morgan fingerprint density at radius 3 is 2.00 bits per heavy atom. The molecule has 0 aromatic heterocycles. The Kier molecular flexibility index (Phi) is 12.1. The molecule has 0 aliphatic rings. The number of hydrogen-bond donors (Lipinski definition) is 2. The summed E-state index contributed by atoms with van der Waals surface area (Å²) in [6, 6.07) is 0. The molecule has 2 N–H and O–H groups in total. The molecule has 0 radical (unpaired) electrons. The van der Waals surface area contributed by atoms with Gasteiger partial charge in [-0.05, 0) is 25.7 Å². The summed E-state index contributed by atoms with van der Waals surface area (Å²) in [5, 5.41) is 19.0. The Morgan fingerprint density at radius 1 is 0.842 bits per heavy atom. The second-order valence-electron chi connectivity index (χ2n) is 5.61. The summed E-state index contributed by atoms with van der Waals surface area (Å²) < 4.78 is 0. The Labute approximate surface area is 118 Å². The van der Waals surface area contributed by atoms with Crippen molar-refractivity contribution in [2.45, 2.75) is 90.6 Å². The predicted molar refractivity (Wildman–Crippen MR) is 79.3 cm³/mol. The largest absolute Gasteiger partial charge is 0.481 e. The Balaban J connectivity index is 3.77. The van der Waals surface area contributed by atoms with Crippen LogP contribution in [0.5, 0.6) is 0 Å². The maximum atomic E-state index is 11.2. The van der Waals surface area contributed by atoms with Crippen molar-refractivity contribution >= 4 is 5.97 Å². The Bertz CT molecular complexity index is 216. The first kappa shape index (κ1) is 18.4. The molecule has 0 fully saturated rings. The molecule has 1 unspecified atom stereocenters. The highest BCUT2D eigenvalue weighted by atomic mass is 16.4. The number of carbonyl (C=O) groups is 1. The number of aliphatic carboxylic acids is 1. The van der Waals surface area contributed by atoms with Crippen LogP contribution in [0.15, 0.2) is 0 Å². The number of aliphatic hydroxyl groups is 1. The van der Waals surface area contributed by atoms with E-state index in [0.29, 0.717) is 12.8 Å². The molecule has 0 aliphatic carbocycles. The molecular weight excluding hydrogens is 240 g/mol. The van der Waals surface area contributed by atoms with Gasteiger partial charge in [-0.3, -0.25) is 4.79 Å². The highest BCUT2D eigenvalue weighted by Gasteiger charge is 2.18. The van der Waals surface area contributed by atoms with Gasteiger partial charge in [0, 0.05) is 0 Å². The van der Waals surface area contributed by atoms with Crippen LogP contribution >= 0.6 is 0 Å². The lowest BCUT2D eigenvalue weighted by molar-refractivity contribution is -0.142. The standard InChI is InChI=1S/C16H32O3/c1-3-5-7-9-10-14(16(18)19)12-13-15(17)11-8-6-4-2/h14-15,17H,3-13H2,1-2H3,(H,18,19)/t14?,15-/m1/s1. The third kappa shape index (κ3) is 11.0. The summed E-state index contributed by atoms with van der Waals surface area (Å²) in [6.07, 6.45) is 10.3. The monoisotopic (exact) mass is 272 g/mol. The van der Waals surface area contributed by atoms with E-state index < -0.39 is 5.97 Å². The van der Waals surface area contributed by atoms with Gasteiger partial charge in [0.15, 0.2) is 0 Å². The van der Waals surface area contributed by atoms with E-state index in [2.05, 4.69) is 13.8 Å². The van der Waals surface area contributed by atoms with Gasteiger partial charge >= 0.3 is 5.97 Å². The average Bonchev–Trinajstić information content (AvgIpc) is 2.37. The van der Waals surface area contributed by atoms with Crippen molar-refractivity contribution in [1.29, 1.82) is 0 Å². The third-order valence-electron chi connectivity index (χ3n) is 3.74. The van der Waals surface area contributed by atoms with Crippen molar-refractivity contribution in [3.05, 3.63) is 0 Å². The van der Waals surface area contributed by atoms with E-state index in [0.717, 1.165) is 44.9 Å². The first-order valence-corrected chi connectivity index (χ1v) is 8.02. The van der Waals surface area contributed by atoms with E-state index in [1.807, 2.05) is 0 Å².